The van der Waals surface area contributed by atoms with Gasteiger partial charge in [-0.1, -0.05) is 83.9 Å². The molecule has 0 bridgehead atoms. The second-order valence-electron chi connectivity index (χ2n) is 8.40. The number of benzene rings is 4. The minimum atomic E-state index is -0.503. The molecule has 1 aliphatic heterocycles. The van der Waals surface area contributed by atoms with E-state index in [-0.39, 0.29) is 10.7 Å². The van der Waals surface area contributed by atoms with Gasteiger partial charge in [0.25, 0.3) is 11.8 Å². The number of hydrogen-bond acceptors (Lipinski definition) is 3. The van der Waals surface area contributed by atoms with Crippen molar-refractivity contribution in [1.82, 2.24) is 0 Å². The first kappa shape index (κ1) is 24.9. The zero-order chi connectivity index (χ0) is 25.9. The highest BCUT2D eigenvalue weighted by atomic mass is 35.5. The molecule has 0 aliphatic carbocycles. The lowest BCUT2D eigenvalue weighted by atomic mass is 9.97. The Balaban J connectivity index is 1.65. The van der Waals surface area contributed by atoms with Crippen molar-refractivity contribution in [3.8, 4) is 0 Å². The third kappa shape index (κ3) is 5.07. The van der Waals surface area contributed by atoms with E-state index in [1.54, 1.807) is 42.5 Å². The summed E-state index contributed by atoms with van der Waals surface area (Å²) in [6, 6.07) is 31.1. The van der Waals surface area contributed by atoms with E-state index >= 15 is 0 Å². The fourth-order valence-corrected chi connectivity index (χ4v) is 4.96. The van der Waals surface area contributed by atoms with Crippen LogP contribution in [-0.4, -0.2) is 16.9 Å². The average molecular weight is 543 g/mol. The molecule has 182 valence electrons. The predicted octanol–water partition coefficient (Wildman–Crippen LogP) is 7.33. The summed E-state index contributed by atoms with van der Waals surface area (Å²) in [7, 11) is 0. The molecule has 2 amide bonds. The first-order valence-corrected chi connectivity index (χ1v) is 12.7. The van der Waals surface area contributed by atoms with Gasteiger partial charge in [0.05, 0.1) is 11.4 Å². The van der Waals surface area contributed by atoms with E-state index in [0.29, 0.717) is 33.4 Å². The summed E-state index contributed by atoms with van der Waals surface area (Å²) in [5.41, 5.74) is 3.56. The molecule has 4 aromatic carbocycles. The number of amides is 2. The van der Waals surface area contributed by atoms with Crippen LogP contribution in [-0.2, 0) is 16.0 Å². The van der Waals surface area contributed by atoms with Gasteiger partial charge in [0.15, 0.2) is 5.11 Å². The van der Waals surface area contributed by atoms with E-state index in [1.165, 1.54) is 9.80 Å². The Morgan fingerprint density at radius 3 is 1.78 bits per heavy atom. The van der Waals surface area contributed by atoms with Crippen LogP contribution in [0.3, 0.4) is 0 Å². The van der Waals surface area contributed by atoms with Gasteiger partial charge < -0.3 is 0 Å². The minimum Gasteiger partial charge on any atom is -0.268 e. The van der Waals surface area contributed by atoms with E-state index < -0.39 is 11.8 Å². The molecule has 1 fully saturated rings. The molecule has 0 radical (unpaired) electrons. The number of anilines is 2. The Bertz CT molecular complexity index is 1470. The number of hydrogen-bond donors (Lipinski definition) is 0. The van der Waals surface area contributed by atoms with E-state index in [2.05, 4.69) is 0 Å². The van der Waals surface area contributed by atoms with Gasteiger partial charge in [-0.15, -0.1) is 0 Å². The zero-order valence-corrected chi connectivity index (χ0v) is 21.8. The van der Waals surface area contributed by atoms with Crippen molar-refractivity contribution in [3.63, 3.8) is 0 Å². The van der Waals surface area contributed by atoms with Crippen molar-refractivity contribution in [2.24, 2.45) is 0 Å². The van der Waals surface area contributed by atoms with Gasteiger partial charge in [-0.2, -0.15) is 0 Å². The third-order valence-corrected chi connectivity index (χ3v) is 6.99. The van der Waals surface area contributed by atoms with Gasteiger partial charge in [-0.25, -0.2) is 0 Å². The summed E-state index contributed by atoms with van der Waals surface area (Å²) in [6.07, 6.45) is 2.10. The van der Waals surface area contributed by atoms with Crippen LogP contribution in [0.2, 0.25) is 10.0 Å². The lowest BCUT2D eigenvalue weighted by molar-refractivity contribution is -0.120. The largest absolute Gasteiger partial charge is 0.270 e. The summed E-state index contributed by atoms with van der Waals surface area (Å²) in [4.78, 5) is 30.4. The summed E-state index contributed by atoms with van der Waals surface area (Å²) in [5.74, 6) is -1.01. The molecule has 0 saturated carbocycles. The second kappa shape index (κ2) is 10.7. The number of rotatable bonds is 5. The number of thiocarbonyl (C=S) groups is 1. The normalized spacial score (nSPS) is 13.8. The number of para-hydroxylation sites is 2. The molecular formula is C30H20Cl2N2O2S. The molecule has 0 atom stereocenters. The van der Waals surface area contributed by atoms with Gasteiger partial charge in [-0.05, 0) is 83.9 Å². The van der Waals surface area contributed by atoms with Crippen LogP contribution in [0.1, 0.15) is 16.7 Å². The summed E-state index contributed by atoms with van der Waals surface area (Å²) in [5, 5.41) is 1.21. The molecular weight excluding hydrogens is 523 g/mol. The first-order valence-electron chi connectivity index (χ1n) is 11.5. The maximum absolute atomic E-state index is 13.8. The molecule has 0 unspecified atom stereocenters. The molecule has 1 aliphatic rings. The van der Waals surface area contributed by atoms with Crippen molar-refractivity contribution in [2.75, 3.05) is 9.80 Å². The highest BCUT2D eigenvalue weighted by Gasteiger charge is 2.41. The monoisotopic (exact) mass is 542 g/mol. The van der Waals surface area contributed by atoms with Gasteiger partial charge >= 0.3 is 0 Å². The topological polar surface area (TPSA) is 40.6 Å². The molecule has 0 aromatic heterocycles. The van der Waals surface area contributed by atoms with Crippen molar-refractivity contribution in [3.05, 3.63) is 135 Å². The fraction of sp³-hybridized carbons (Fsp3) is 0.0333. The maximum atomic E-state index is 13.8. The minimum absolute atomic E-state index is 0.0241. The molecule has 37 heavy (non-hydrogen) atoms. The van der Waals surface area contributed by atoms with Gasteiger partial charge in [0.1, 0.15) is 5.57 Å². The van der Waals surface area contributed by atoms with Crippen LogP contribution in [0.5, 0.6) is 0 Å². The van der Waals surface area contributed by atoms with E-state index in [9.17, 15) is 9.59 Å². The van der Waals surface area contributed by atoms with E-state index in [4.69, 9.17) is 35.4 Å². The Morgan fingerprint density at radius 2 is 1.22 bits per heavy atom. The number of halogens is 2. The fourth-order valence-electron chi connectivity index (χ4n) is 4.20. The smallest absolute Gasteiger partial charge is 0.268 e. The number of nitrogens with zero attached hydrogens (tertiary/aromatic N) is 2. The Hall–Kier alpha value is -3.77. The van der Waals surface area contributed by atoms with Crippen LogP contribution in [0.25, 0.3) is 6.08 Å². The standard InChI is InChI=1S/C30H20Cl2N2O2S/c31-23-16-15-20(17-21-9-7-8-14-27(21)32)22(18-23)19-26-28(35)33(24-10-3-1-4-11-24)30(37)34(29(26)36)25-12-5-2-6-13-25/h1-16,18-19H,17H2. The van der Waals surface area contributed by atoms with Crippen LogP contribution < -0.4 is 9.80 Å². The second-order valence-corrected chi connectivity index (χ2v) is 9.61. The van der Waals surface area contributed by atoms with Crippen molar-refractivity contribution >= 4 is 69.8 Å². The summed E-state index contributed by atoms with van der Waals surface area (Å²) in [6.45, 7) is 0. The Kier molecular flexibility index (Phi) is 7.19. The van der Waals surface area contributed by atoms with Gasteiger partial charge in [0.2, 0.25) is 0 Å². The SMILES string of the molecule is O=C1C(=Cc2cc(Cl)ccc2Cc2ccccc2Cl)C(=O)N(c2ccccc2)C(=S)N1c1ccccc1. The molecule has 0 N–H and O–H groups in total. The summed E-state index contributed by atoms with van der Waals surface area (Å²) >= 11 is 18.4. The molecule has 7 heteroatoms. The zero-order valence-electron chi connectivity index (χ0n) is 19.5. The van der Waals surface area contributed by atoms with Gasteiger partial charge in [-0.3, -0.25) is 19.4 Å². The lowest BCUT2D eigenvalue weighted by Crippen LogP contribution is -2.56. The van der Waals surface area contributed by atoms with Crippen molar-refractivity contribution in [2.45, 2.75) is 6.42 Å². The molecule has 4 nitrogen and oxygen atoms in total. The van der Waals surface area contributed by atoms with E-state index in [1.807, 2.05) is 66.7 Å². The quantitative estimate of drug-likeness (QED) is 0.150. The van der Waals surface area contributed by atoms with Crippen LogP contribution in [0, 0.1) is 0 Å². The van der Waals surface area contributed by atoms with Gasteiger partial charge in [0, 0.05) is 10.0 Å². The molecule has 5 rings (SSSR count). The maximum Gasteiger partial charge on any atom is 0.270 e. The Morgan fingerprint density at radius 1 is 0.676 bits per heavy atom. The molecule has 1 saturated heterocycles. The predicted molar refractivity (Wildman–Crippen MR) is 154 cm³/mol. The summed E-state index contributed by atoms with van der Waals surface area (Å²) < 4.78 is 0. The van der Waals surface area contributed by atoms with Crippen molar-refractivity contribution in [1.29, 1.82) is 0 Å². The number of carbonyl (C=O) groups excluding carboxylic acids is 2. The third-order valence-electron chi connectivity index (χ3n) is 6.02. The molecule has 0 spiro atoms. The first-order chi connectivity index (χ1) is 17.9. The molecule has 1 heterocycles. The Labute approximate surface area is 230 Å². The average Bonchev–Trinajstić information content (AvgIpc) is 2.90. The van der Waals surface area contributed by atoms with Crippen molar-refractivity contribution < 1.29 is 9.59 Å². The molecule has 4 aromatic rings. The number of carbonyl (C=O) groups is 2. The van der Waals surface area contributed by atoms with E-state index in [0.717, 1.165) is 11.1 Å². The van der Waals surface area contributed by atoms with Crippen LogP contribution in [0.15, 0.2) is 109 Å². The van der Waals surface area contributed by atoms with Crippen LogP contribution in [0.4, 0.5) is 11.4 Å². The highest BCUT2D eigenvalue weighted by molar-refractivity contribution is 7.81. The van der Waals surface area contributed by atoms with Crippen LogP contribution >= 0.6 is 35.4 Å². The lowest BCUT2D eigenvalue weighted by Gasteiger charge is -2.36. The highest BCUT2D eigenvalue weighted by Crippen LogP contribution is 2.31.